The first-order valence-electron chi connectivity index (χ1n) is 8.68. The molecule has 27 heavy (non-hydrogen) atoms. The number of hydrogen-bond acceptors (Lipinski definition) is 8. The summed E-state index contributed by atoms with van der Waals surface area (Å²) in [6.07, 6.45) is 3.41. The monoisotopic (exact) mass is 474 g/mol. The van der Waals surface area contributed by atoms with Gasteiger partial charge in [-0.1, -0.05) is 0 Å². The van der Waals surface area contributed by atoms with E-state index < -0.39 is 0 Å². The van der Waals surface area contributed by atoms with Gasteiger partial charge in [0, 0.05) is 72.5 Å². The normalized spacial score (nSPS) is 14.0. The van der Waals surface area contributed by atoms with Crippen molar-refractivity contribution in [3.8, 4) is 0 Å². The summed E-state index contributed by atoms with van der Waals surface area (Å²) in [5.41, 5.74) is 2.18. The quantitative estimate of drug-likeness (QED) is 0.384. The van der Waals surface area contributed by atoms with Crippen LogP contribution in [0.1, 0.15) is 0 Å². The molecule has 0 amide bonds. The summed E-state index contributed by atoms with van der Waals surface area (Å²) in [6.45, 7) is 4.12. The van der Waals surface area contributed by atoms with Crippen LogP contribution < -0.4 is 20.9 Å². The van der Waals surface area contributed by atoms with Crippen LogP contribution in [0.4, 0.5) is 29.0 Å². The van der Waals surface area contributed by atoms with E-state index in [9.17, 15) is 0 Å². The minimum absolute atomic E-state index is 0.527. The largest absolute Gasteiger partial charge is 0.369 e. The van der Waals surface area contributed by atoms with E-state index in [0.717, 1.165) is 31.9 Å². The van der Waals surface area contributed by atoms with Crippen LogP contribution in [-0.2, 0) is 0 Å². The maximum absolute atomic E-state index is 4.49. The highest BCUT2D eigenvalue weighted by Gasteiger charge is 2.10. The molecule has 1 fully saturated rings. The third-order valence-electron chi connectivity index (χ3n) is 4.14. The van der Waals surface area contributed by atoms with Gasteiger partial charge in [-0.2, -0.15) is 4.98 Å². The molecule has 0 bridgehead atoms. The van der Waals surface area contributed by atoms with E-state index in [1.807, 2.05) is 12.1 Å². The number of benzene rings is 1. The maximum Gasteiger partial charge on any atom is 0.229 e. The second-order valence-electron chi connectivity index (χ2n) is 6.01. The fourth-order valence-electron chi connectivity index (χ4n) is 2.83. The molecule has 3 aromatic rings. The molecule has 0 radical (unpaired) electrons. The van der Waals surface area contributed by atoms with Crippen molar-refractivity contribution >= 4 is 51.5 Å². The first-order valence-corrected chi connectivity index (χ1v) is 9.75. The zero-order valence-corrected chi connectivity index (χ0v) is 16.7. The zero-order valence-electron chi connectivity index (χ0n) is 14.6. The molecule has 4 rings (SSSR count). The van der Waals surface area contributed by atoms with Crippen molar-refractivity contribution in [2.45, 2.75) is 0 Å². The number of halogens is 1. The smallest absolute Gasteiger partial charge is 0.229 e. The third kappa shape index (κ3) is 4.80. The van der Waals surface area contributed by atoms with E-state index in [1.54, 1.807) is 24.5 Å². The van der Waals surface area contributed by atoms with Crippen LogP contribution in [-0.4, -0.2) is 46.1 Å². The molecule has 1 saturated heterocycles. The number of nitrogens with zero attached hydrogens (tertiary/aromatic N) is 5. The van der Waals surface area contributed by atoms with Crippen molar-refractivity contribution in [2.75, 3.05) is 41.7 Å². The van der Waals surface area contributed by atoms with Gasteiger partial charge >= 0.3 is 0 Å². The number of anilines is 5. The lowest BCUT2D eigenvalue weighted by Gasteiger charge is -2.29. The van der Waals surface area contributed by atoms with Crippen molar-refractivity contribution in [1.29, 1.82) is 0 Å². The Morgan fingerprint density at radius 2 is 1.56 bits per heavy atom. The minimum Gasteiger partial charge on any atom is -0.369 e. The van der Waals surface area contributed by atoms with E-state index >= 15 is 0 Å². The first kappa shape index (κ1) is 17.9. The molecular weight excluding hydrogens is 455 g/mol. The first-order chi connectivity index (χ1) is 13.3. The third-order valence-corrected chi connectivity index (χ3v) is 4.66. The molecule has 0 spiro atoms. The Morgan fingerprint density at radius 3 is 2.30 bits per heavy atom. The van der Waals surface area contributed by atoms with Crippen molar-refractivity contribution < 1.29 is 0 Å². The van der Waals surface area contributed by atoms with Gasteiger partial charge in [0.15, 0.2) is 3.83 Å². The number of nitrogens with one attached hydrogen (secondary N) is 3. The lowest BCUT2D eigenvalue weighted by molar-refractivity contribution is 0.589. The Balaban J connectivity index is 1.43. The molecule has 8 nitrogen and oxygen atoms in total. The number of piperazine rings is 1. The van der Waals surface area contributed by atoms with Gasteiger partial charge in [-0.25, -0.2) is 15.0 Å². The molecular formula is C18H19IN8. The van der Waals surface area contributed by atoms with E-state index in [1.165, 1.54) is 5.69 Å². The van der Waals surface area contributed by atoms with Crippen LogP contribution in [0, 0.1) is 3.83 Å². The molecule has 138 valence electrons. The highest BCUT2D eigenvalue weighted by Crippen LogP contribution is 2.21. The van der Waals surface area contributed by atoms with Crippen LogP contribution in [0.2, 0.25) is 0 Å². The summed E-state index contributed by atoms with van der Waals surface area (Å²) in [4.78, 5) is 19.6. The molecule has 1 aliphatic rings. The van der Waals surface area contributed by atoms with E-state index in [4.69, 9.17) is 0 Å². The average Bonchev–Trinajstić information content (AvgIpc) is 2.70. The van der Waals surface area contributed by atoms with Gasteiger partial charge in [-0.3, -0.25) is 0 Å². The second kappa shape index (κ2) is 8.44. The summed E-state index contributed by atoms with van der Waals surface area (Å²) in [7, 11) is 0. The van der Waals surface area contributed by atoms with Gasteiger partial charge in [0.05, 0.1) is 0 Å². The summed E-state index contributed by atoms with van der Waals surface area (Å²) >= 11 is 2.07. The SMILES string of the molecule is Ic1nccc(Nc2ccnc(Nc3ccc(N4CCNCC4)cc3)n2)n1. The topological polar surface area (TPSA) is 90.9 Å². The molecule has 1 aromatic carbocycles. The molecule has 1 aliphatic heterocycles. The van der Waals surface area contributed by atoms with Crippen LogP contribution in [0.15, 0.2) is 48.8 Å². The Labute approximate surface area is 171 Å². The molecule has 3 heterocycles. The van der Waals surface area contributed by atoms with Gasteiger partial charge < -0.3 is 20.9 Å². The Hall–Kier alpha value is -2.53. The fraction of sp³-hybridized carbons (Fsp3) is 0.222. The Kier molecular flexibility index (Phi) is 5.58. The molecule has 2 aromatic heterocycles. The standard InChI is InChI=1S/C18H19IN8/c19-17-21-7-5-15(25-17)24-16-6-8-22-18(26-16)23-13-1-3-14(4-2-13)27-11-9-20-10-12-27/h1-8,20H,9-12H2,(H2,21,22,23,24,25,26). The number of rotatable bonds is 5. The molecule has 3 N–H and O–H groups in total. The van der Waals surface area contributed by atoms with Gasteiger partial charge in [-0.15, -0.1) is 0 Å². The van der Waals surface area contributed by atoms with Gasteiger partial charge in [0.1, 0.15) is 11.6 Å². The van der Waals surface area contributed by atoms with Crippen molar-refractivity contribution in [3.63, 3.8) is 0 Å². The molecule has 9 heteroatoms. The van der Waals surface area contributed by atoms with Crippen molar-refractivity contribution in [2.24, 2.45) is 0 Å². The maximum atomic E-state index is 4.49. The van der Waals surface area contributed by atoms with Gasteiger partial charge in [-0.05, 0) is 36.4 Å². The Morgan fingerprint density at radius 1 is 0.852 bits per heavy atom. The fourth-order valence-corrected chi connectivity index (χ4v) is 3.25. The van der Waals surface area contributed by atoms with E-state index in [2.05, 4.69) is 75.5 Å². The van der Waals surface area contributed by atoms with Crippen molar-refractivity contribution in [3.05, 3.63) is 52.6 Å². The number of hydrogen-bond donors (Lipinski definition) is 3. The van der Waals surface area contributed by atoms with Gasteiger partial charge in [0.25, 0.3) is 0 Å². The summed E-state index contributed by atoms with van der Waals surface area (Å²) in [6, 6.07) is 11.9. The summed E-state index contributed by atoms with van der Waals surface area (Å²) < 4.78 is 0.676. The predicted molar refractivity (Wildman–Crippen MR) is 115 cm³/mol. The van der Waals surface area contributed by atoms with Crippen LogP contribution >= 0.6 is 22.6 Å². The second-order valence-corrected chi connectivity index (χ2v) is 6.98. The van der Waals surface area contributed by atoms with Crippen LogP contribution in [0.25, 0.3) is 0 Å². The predicted octanol–water partition coefficient (Wildman–Crippen LogP) is 2.77. The Bertz CT molecular complexity index is 896. The summed E-state index contributed by atoms with van der Waals surface area (Å²) in [5, 5.41) is 9.78. The minimum atomic E-state index is 0.527. The van der Waals surface area contributed by atoms with E-state index in [-0.39, 0.29) is 0 Å². The molecule has 0 saturated carbocycles. The zero-order chi connectivity index (χ0) is 18.5. The molecule has 0 aliphatic carbocycles. The van der Waals surface area contributed by atoms with Crippen molar-refractivity contribution in [1.82, 2.24) is 25.3 Å². The lowest BCUT2D eigenvalue weighted by atomic mass is 10.2. The number of aromatic nitrogens is 4. The van der Waals surface area contributed by atoms with E-state index in [0.29, 0.717) is 21.4 Å². The van der Waals surface area contributed by atoms with Crippen LogP contribution in [0.3, 0.4) is 0 Å². The van der Waals surface area contributed by atoms with Gasteiger partial charge in [0.2, 0.25) is 5.95 Å². The summed E-state index contributed by atoms with van der Waals surface area (Å²) in [5.74, 6) is 1.89. The molecule has 0 unspecified atom stereocenters. The average molecular weight is 474 g/mol. The highest BCUT2D eigenvalue weighted by molar-refractivity contribution is 14.1. The highest BCUT2D eigenvalue weighted by atomic mass is 127. The molecule has 0 atom stereocenters. The lowest BCUT2D eigenvalue weighted by Crippen LogP contribution is -2.43. The van der Waals surface area contributed by atoms with Crippen LogP contribution in [0.5, 0.6) is 0 Å².